The van der Waals surface area contributed by atoms with Gasteiger partial charge in [-0.2, -0.15) is 13.5 Å². The van der Waals surface area contributed by atoms with Crippen LogP contribution in [0.25, 0.3) is 0 Å². The van der Waals surface area contributed by atoms with Gasteiger partial charge < -0.3 is 9.26 Å². The van der Waals surface area contributed by atoms with E-state index in [0.717, 1.165) is 5.57 Å². The summed E-state index contributed by atoms with van der Waals surface area (Å²) in [6.45, 7) is 6.12. The van der Waals surface area contributed by atoms with Gasteiger partial charge in [0.2, 0.25) is 0 Å². The largest absolute Gasteiger partial charge is 0.462 e. The van der Waals surface area contributed by atoms with Crippen molar-refractivity contribution in [2.45, 2.75) is 19.8 Å². The Hall–Kier alpha value is 0.240. The molecule has 162 valence electrons. The molecule has 1 aliphatic heterocycles. The van der Waals surface area contributed by atoms with E-state index in [1.54, 1.807) is 14.0 Å². The van der Waals surface area contributed by atoms with Crippen molar-refractivity contribution in [2.75, 3.05) is 26.8 Å². The van der Waals surface area contributed by atoms with Crippen LogP contribution in [0, 0.1) is 0 Å². The third-order valence-electron chi connectivity index (χ3n) is 3.55. The van der Waals surface area contributed by atoms with E-state index in [-0.39, 0.29) is 13.2 Å². The molecule has 1 atom stereocenters. The van der Waals surface area contributed by atoms with Crippen LogP contribution in [-0.2, 0) is 14.1 Å². The molecule has 0 N–H and O–H groups in total. The van der Waals surface area contributed by atoms with Crippen molar-refractivity contribution >= 4 is 70.3 Å². The molecule has 7 nitrogen and oxygen atoms in total. The summed E-state index contributed by atoms with van der Waals surface area (Å²) in [5, 5.41) is 0. The summed E-state index contributed by atoms with van der Waals surface area (Å²) in [7, 11) is -1.24. The predicted octanol–water partition coefficient (Wildman–Crippen LogP) is 8.29. The van der Waals surface area contributed by atoms with Crippen LogP contribution in [0.15, 0.2) is 55.2 Å². The lowest BCUT2D eigenvalue weighted by atomic mass is 10.3. The molecule has 0 amide bonds. The number of hydrogen-bond acceptors (Lipinski definition) is 7. The average Bonchev–Trinajstić information content (AvgIpc) is 3.07. The maximum absolute atomic E-state index is 11.4. The number of unbranched alkanes of at least 4 members (excludes halogenated alkanes) is 1. The van der Waals surface area contributed by atoms with Crippen molar-refractivity contribution in [2.24, 2.45) is 13.5 Å². The van der Waals surface area contributed by atoms with E-state index < -0.39 is 25.4 Å². The highest BCUT2D eigenvalue weighted by molar-refractivity contribution is 8.20. The number of halogens is 4. The first kappa shape index (κ1) is 25.5. The van der Waals surface area contributed by atoms with Crippen LogP contribution in [0.1, 0.15) is 19.8 Å². The number of allylic oxidation sites excluding steroid dienone is 1. The highest BCUT2D eigenvalue weighted by Gasteiger charge is 2.38. The molecule has 0 radical (unpaired) electrons. The van der Waals surface area contributed by atoms with Crippen molar-refractivity contribution in [3.05, 3.63) is 41.7 Å². The molecule has 1 unspecified atom stereocenters. The van der Waals surface area contributed by atoms with Crippen molar-refractivity contribution in [3.8, 4) is 0 Å². The molecule has 0 saturated carbocycles. The van der Waals surface area contributed by atoms with Gasteiger partial charge in [-0.3, -0.25) is 0 Å². The zero-order valence-corrected chi connectivity index (χ0v) is 21.5. The molecule has 29 heavy (non-hydrogen) atoms. The lowest BCUT2D eigenvalue weighted by Crippen LogP contribution is -2.18. The van der Waals surface area contributed by atoms with Gasteiger partial charge in [0.15, 0.2) is 0 Å². The zero-order chi connectivity index (χ0) is 21.7. The molecular weight excluding hydrogens is 519 g/mol. The summed E-state index contributed by atoms with van der Waals surface area (Å²) in [5.74, 6) is -6.68. The minimum atomic E-state index is -3.13. The maximum atomic E-state index is 11.4. The molecule has 0 aromatic rings. The molecule has 0 aromatic heterocycles. The van der Waals surface area contributed by atoms with E-state index in [1.807, 2.05) is 22.9 Å². The van der Waals surface area contributed by atoms with E-state index in [9.17, 15) is 4.79 Å². The fourth-order valence-corrected chi connectivity index (χ4v) is 17.3. The third kappa shape index (κ3) is 8.02. The lowest BCUT2D eigenvalue weighted by molar-refractivity contribution is -0.139. The monoisotopic (exact) mass is 538 g/mol. The van der Waals surface area contributed by atoms with Crippen molar-refractivity contribution in [1.29, 1.82) is 0 Å². The van der Waals surface area contributed by atoms with Crippen LogP contribution in [0.4, 0.5) is 0 Å². The van der Waals surface area contributed by atoms with E-state index in [4.69, 9.17) is 54.2 Å². The van der Waals surface area contributed by atoms with Gasteiger partial charge in [-0.25, -0.2) is 9.46 Å². The molecule has 1 heterocycles. The van der Waals surface area contributed by atoms with Crippen molar-refractivity contribution in [1.82, 2.24) is 4.67 Å². The van der Waals surface area contributed by atoms with E-state index in [1.165, 1.54) is 0 Å². The standard InChI is InChI=1S/C15H21Cl4N4O3P3/c1-13(2)15(24)25-10-6-7-11-26-29(23(3)12-14-8-4-5-9-14)21-27(16,17)20-28(18,19)22-29/h4-5,8H,1,6-7,10-12H2,2-3H3. The van der Waals surface area contributed by atoms with Crippen LogP contribution < -0.4 is 0 Å². The second kappa shape index (κ2) is 10.7. The molecule has 0 spiro atoms. The van der Waals surface area contributed by atoms with Crippen LogP contribution in [-0.4, -0.2) is 37.4 Å². The summed E-state index contributed by atoms with van der Waals surface area (Å²) in [6, 6.07) is 0. The molecule has 0 fully saturated rings. The lowest BCUT2D eigenvalue weighted by Gasteiger charge is -2.33. The predicted molar refractivity (Wildman–Crippen MR) is 126 cm³/mol. The van der Waals surface area contributed by atoms with E-state index in [2.05, 4.69) is 25.9 Å². The first-order valence-corrected chi connectivity index (χ1v) is 17.0. The molecule has 0 aromatic carbocycles. The normalized spacial score (nSPS) is 23.8. The number of likely N-dealkylation sites (N-methyl/N-ethyl adjacent to an activating group) is 1. The molecular formula is C15H21Cl4N4O3P3. The summed E-state index contributed by atoms with van der Waals surface area (Å²) < 4.78 is 25.9. The highest BCUT2D eigenvalue weighted by Crippen LogP contribution is 2.86. The Kier molecular flexibility index (Phi) is 9.41. The Morgan fingerprint density at radius 1 is 1.17 bits per heavy atom. The molecule has 1 aliphatic carbocycles. The Balaban J connectivity index is 2.12. The van der Waals surface area contributed by atoms with Crippen LogP contribution >= 0.6 is 64.4 Å². The van der Waals surface area contributed by atoms with Crippen LogP contribution in [0.3, 0.4) is 0 Å². The number of carbonyl (C=O) groups excluding carboxylic acids is 1. The van der Waals surface area contributed by atoms with Gasteiger partial charge in [0.25, 0.3) is 19.4 Å². The Morgan fingerprint density at radius 2 is 1.83 bits per heavy atom. The Labute approximate surface area is 190 Å². The number of nitrogens with zero attached hydrogens (tertiary/aromatic N) is 4. The topological polar surface area (TPSA) is 75.8 Å². The van der Waals surface area contributed by atoms with Gasteiger partial charge in [0, 0.05) is 17.7 Å². The highest BCUT2D eigenvalue weighted by atomic mass is 35.9. The molecule has 0 bridgehead atoms. The van der Waals surface area contributed by atoms with Gasteiger partial charge in [0.1, 0.15) is 0 Å². The SMILES string of the molecule is C=C(C)C(=O)OCCCCOP1(N(C)CC2=C=CC=C2)=NP(Cl)(Cl)=NP(Cl)(Cl)=N1. The van der Waals surface area contributed by atoms with Gasteiger partial charge in [0.05, 0.1) is 13.2 Å². The zero-order valence-electron chi connectivity index (χ0n) is 15.8. The number of esters is 1. The fraction of sp³-hybridized carbons (Fsp3) is 0.467. The quantitative estimate of drug-likeness (QED) is 0.0919. The summed E-state index contributed by atoms with van der Waals surface area (Å²) in [5.41, 5.74) is 4.40. The number of hydrogen-bond donors (Lipinski definition) is 0. The smallest absolute Gasteiger partial charge is 0.333 e. The summed E-state index contributed by atoms with van der Waals surface area (Å²) in [6.07, 6.45) is 6.80. The Bertz CT molecular complexity index is 937. The number of carbonyl (C=O) groups is 1. The van der Waals surface area contributed by atoms with E-state index in [0.29, 0.717) is 25.0 Å². The van der Waals surface area contributed by atoms with Crippen molar-refractivity contribution < 1.29 is 14.1 Å². The fourth-order valence-electron chi connectivity index (χ4n) is 2.23. The van der Waals surface area contributed by atoms with Crippen LogP contribution in [0.2, 0.25) is 0 Å². The molecule has 2 rings (SSSR count). The van der Waals surface area contributed by atoms with Crippen LogP contribution in [0.5, 0.6) is 0 Å². The second-order valence-electron chi connectivity index (χ2n) is 6.16. The third-order valence-corrected chi connectivity index (χ3v) is 15.3. The minimum absolute atomic E-state index is 0.256. The summed E-state index contributed by atoms with van der Waals surface area (Å²) >= 11 is 25.1. The average molecular weight is 540 g/mol. The number of rotatable bonds is 10. The first-order chi connectivity index (χ1) is 13.4. The van der Waals surface area contributed by atoms with Gasteiger partial charge in [-0.05, 0) is 83.9 Å². The Morgan fingerprint density at radius 3 is 2.41 bits per heavy atom. The van der Waals surface area contributed by atoms with Crippen molar-refractivity contribution in [3.63, 3.8) is 0 Å². The minimum Gasteiger partial charge on any atom is -0.462 e. The molecule has 2 aliphatic rings. The molecule has 14 heteroatoms. The number of ether oxygens (including phenoxy) is 1. The second-order valence-corrected chi connectivity index (χ2v) is 18.8. The maximum Gasteiger partial charge on any atom is 0.333 e. The van der Waals surface area contributed by atoms with Gasteiger partial charge in [-0.1, -0.05) is 12.7 Å². The summed E-state index contributed by atoms with van der Waals surface area (Å²) in [4.78, 5) is 11.4. The van der Waals surface area contributed by atoms with E-state index >= 15 is 0 Å². The van der Waals surface area contributed by atoms with Gasteiger partial charge >= 0.3 is 5.97 Å². The molecule has 0 saturated heterocycles. The first-order valence-electron chi connectivity index (χ1n) is 8.46. The van der Waals surface area contributed by atoms with Gasteiger partial charge in [-0.15, -0.1) is 5.73 Å².